The first-order chi connectivity index (χ1) is 10.1. The Bertz CT molecular complexity index is 652. The van der Waals surface area contributed by atoms with Crippen molar-refractivity contribution < 1.29 is 14.1 Å². The molecule has 0 saturated heterocycles. The quantitative estimate of drug-likeness (QED) is 0.651. The number of carbonyl (C=O) groups is 1. The highest BCUT2D eigenvalue weighted by Gasteiger charge is 2.09. The number of anilines is 1. The van der Waals surface area contributed by atoms with E-state index in [2.05, 4.69) is 5.32 Å². The van der Waals surface area contributed by atoms with Crippen molar-refractivity contribution in [2.75, 3.05) is 11.1 Å². The highest BCUT2D eigenvalue weighted by molar-refractivity contribution is 8.02. The first-order valence-electron chi connectivity index (χ1n) is 6.02. The molecular formula is C14H12N2O4S. The van der Waals surface area contributed by atoms with Crippen LogP contribution in [-0.2, 0) is 4.79 Å². The lowest BCUT2D eigenvalue weighted by molar-refractivity contribution is -0.402. The number of furan rings is 1. The monoisotopic (exact) mass is 304 g/mol. The summed E-state index contributed by atoms with van der Waals surface area (Å²) >= 11 is 1.27. The zero-order valence-corrected chi connectivity index (χ0v) is 11.7. The Morgan fingerprint density at radius 2 is 2.05 bits per heavy atom. The standard InChI is InChI=1S/C14H12N2O4S/c17-13(15-11-4-2-1-3-5-11)10-21-9-8-12-6-7-14(20-12)16(18)19/h1-9H,10H2,(H,15,17)/b9-8+. The van der Waals surface area contributed by atoms with Crippen LogP contribution >= 0.6 is 11.8 Å². The van der Waals surface area contributed by atoms with Gasteiger partial charge < -0.3 is 9.73 Å². The van der Waals surface area contributed by atoms with Crippen molar-refractivity contribution in [2.24, 2.45) is 0 Å². The Balaban J connectivity index is 1.76. The number of nitrogens with one attached hydrogen (secondary N) is 1. The van der Waals surface area contributed by atoms with Gasteiger partial charge in [0, 0.05) is 5.69 Å². The Morgan fingerprint density at radius 3 is 2.71 bits per heavy atom. The minimum Gasteiger partial charge on any atom is -0.401 e. The van der Waals surface area contributed by atoms with E-state index in [1.165, 1.54) is 23.9 Å². The molecule has 0 spiro atoms. The van der Waals surface area contributed by atoms with Crippen molar-refractivity contribution in [1.29, 1.82) is 0 Å². The number of amides is 1. The largest absolute Gasteiger partial charge is 0.433 e. The van der Waals surface area contributed by atoms with E-state index in [1.807, 2.05) is 18.2 Å². The predicted octanol–water partition coefficient (Wildman–Crippen LogP) is 3.53. The van der Waals surface area contributed by atoms with Gasteiger partial charge in [0.25, 0.3) is 0 Å². The molecule has 0 unspecified atom stereocenters. The molecule has 0 aliphatic rings. The Hall–Kier alpha value is -2.54. The number of hydrogen-bond acceptors (Lipinski definition) is 5. The van der Waals surface area contributed by atoms with E-state index >= 15 is 0 Å². The van der Waals surface area contributed by atoms with Crippen LogP contribution in [0.3, 0.4) is 0 Å². The number of thioether (sulfide) groups is 1. The molecule has 1 heterocycles. The van der Waals surface area contributed by atoms with Crippen LogP contribution in [-0.4, -0.2) is 16.6 Å². The molecule has 2 rings (SSSR count). The highest BCUT2D eigenvalue weighted by atomic mass is 32.2. The molecule has 1 amide bonds. The van der Waals surface area contributed by atoms with Crippen molar-refractivity contribution in [3.05, 3.63) is 63.7 Å². The molecule has 21 heavy (non-hydrogen) atoms. The van der Waals surface area contributed by atoms with Gasteiger partial charge in [-0.05, 0) is 29.7 Å². The first kappa shape index (κ1) is 14.9. The Morgan fingerprint density at radius 1 is 1.29 bits per heavy atom. The Kier molecular flexibility index (Phi) is 5.16. The molecule has 1 aromatic heterocycles. The van der Waals surface area contributed by atoms with E-state index in [0.717, 1.165) is 5.69 Å². The molecule has 0 radical (unpaired) electrons. The number of nitrogens with zero attached hydrogens (tertiary/aromatic N) is 1. The van der Waals surface area contributed by atoms with Crippen LogP contribution in [0.15, 0.2) is 52.3 Å². The van der Waals surface area contributed by atoms with Crippen LogP contribution in [0.5, 0.6) is 0 Å². The Labute approximate surface area is 125 Å². The number of benzene rings is 1. The van der Waals surface area contributed by atoms with Crippen molar-refractivity contribution >= 4 is 35.3 Å². The molecule has 6 nitrogen and oxygen atoms in total. The lowest BCUT2D eigenvalue weighted by atomic mass is 10.3. The summed E-state index contributed by atoms with van der Waals surface area (Å²) in [5.74, 6) is 0.189. The van der Waals surface area contributed by atoms with Crippen LogP contribution in [0.1, 0.15) is 5.76 Å². The van der Waals surface area contributed by atoms with Gasteiger partial charge >= 0.3 is 5.88 Å². The van der Waals surface area contributed by atoms with Gasteiger partial charge in [0.15, 0.2) is 0 Å². The van der Waals surface area contributed by atoms with E-state index in [0.29, 0.717) is 5.76 Å². The summed E-state index contributed by atoms with van der Waals surface area (Å²) in [6.07, 6.45) is 1.58. The summed E-state index contributed by atoms with van der Waals surface area (Å²) in [5.41, 5.74) is 0.744. The summed E-state index contributed by atoms with van der Waals surface area (Å²) in [4.78, 5) is 21.5. The van der Waals surface area contributed by atoms with Crippen molar-refractivity contribution in [2.45, 2.75) is 0 Å². The highest BCUT2D eigenvalue weighted by Crippen LogP contribution is 2.18. The van der Waals surface area contributed by atoms with Gasteiger partial charge in [-0.15, -0.1) is 11.8 Å². The fraction of sp³-hybridized carbons (Fsp3) is 0.0714. The number of rotatable bonds is 6. The molecule has 0 aliphatic carbocycles. The second-order valence-corrected chi connectivity index (χ2v) is 4.86. The number of para-hydroxylation sites is 1. The zero-order valence-electron chi connectivity index (χ0n) is 10.9. The van der Waals surface area contributed by atoms with Gasteiger partial charge in [-0.3, -0.25) is 14.9 Å². The van der Waals surface area contributed by atoms with E-state index in [4.69, 9.17) is 4.42 Å². The summed E-state index contributed by atoms with van der Waals surface area (Å²) in [7, 11) is 0. The smallest absolute Gasteiger partial charge is 0.401 e. The molecule has 1 aromatic carbocycles. The molecule has 0 aliphatic heterocycles. The second kappa shape index (κ2) is 7.30. The summed E-state index contributed by atoms with van der Waals surface area (Å²) in [6, 6.07) is 11.9. The molecule has 0 atom stereocenters. The van der Waals surface area contributed by atoms with Crippen LogP contribution in [0.2, 0.25) is 0 Å². The zero-order chi connectivity index (χ0) is 15.1. The maximum absolute atomic E-state index is 11.6. The van der Waals surface area contributed by atoms with Crippen molar-refractivity contribution in [3.63, 3.8) is 0 Å². The van der Waals surface area contributed by atoms with Gasteiger partial charge in [0.2, 0.25) is 5.91 Å². The third-order valence-electron chi connectivity index (χ3n) is 2.39. The number of nitro groups is 1. The van der Waals surface area contributed by atoms with E-state index in [-0.39, 0.29) is 17.5 Å². The predicted molar refractivity (Wildman–Crippen MR) is 81.9 cm³/mol. The van der Waals surface area contributed by atoms with Crippen molar-refractivity contribution in [3.8, 4) is 0 Å². The summed E-state index contributed by atoms with van der Waals surface area (Å²) in [5, 5.41) is 14.8. The molecule has 0 fully saturated rings. The average molecular weight is 304 g/mol. The van der Waals surface area contributed by atoms with Crippen LogP contribution in [0.25, 0.3) is 6.08 Å². The maximum atomic E-state index is 11.6. The van der Waals surface area contributed by atoms with Gasteiger partial charge in [0.1, 0.15) is 10.7 Å². The summed E-state index contributed by atoms with van der Waals surface area (Å²) < 4.78 is 4.95. The maximum Gasteiger partial charge on any atom is 0.433 e. The second-order valence-electron chi connectivity index (χ2n) is 3.96. The molecule has 0 bridgehead atoms. The fourth-order valence-corrected chi connectivity index (χ4v) is 2.04. The SMILES string of the molecule is O=C(CS/C=C/c1ccc([N+](=O)[O-])o1)Nc1ccccc1. The topological polar surface area (TPSA) is 85.4 Å². The first-order valence-corrected chi connectivity index (χ1v) is 7.07. The van der Waals surface area contributed by atoms with Crippen LogP contribution < -0.4 is 5.32 Å². The van der Waals surface area contributed by atoms with Crippen molar-refractivity contribution in [1.82, 2.24) is 0 Å². The van der Waals surface area contributed by atoms with Gasteiger partial charge in [-0.25, -0.2) is 0 Å². The van der Waals surface area contributed by atoms with E-state index in [1.54, 1.807) is 23.6 Å². The number of carbonyl (C=O) groups excluding carboxylic acids is 1. The fourth-order valence-electron chi connectivity index (χ4n) is 1.49. The van der Waals surface area contributed by atoms with E-state index < -0.39 is 4.92 Å². The van der Waals surface area contributed by atoms with Crippen LogP contribution in [0.4, 0.5) is 11.6 Å². The third kappa shape index (κ3) is 4.81. The lowest BCUT2D eigenvalue weighted by Gasteiger charge is -2.02. The normalized spacial score (nSPS) is 10.7. The molecule has 0 saturated carbocycles. The minimum atomic E-state index is -0.599. The molecule has 2 aromatic rings. The molecule has 108 valence electrons. The average Bonchev–Trinajstić information content (AvgIpc) is 2.94. The third-order valence-corrected chi connectivity index (χ3v) is 3.15. The molecular weight excluding hydrogens is 292 g/mol. The summed E-state index contributed by atoms with van der Waals surface area (Å²) in [6.45, 7) is 0. The lowest BCUT2D eigenvalue weighted by Crippen LogP contribution is -2.13. The molecule has 7 heteroatoms. The van der Waals surface area contributed by atoms with Crippen LogP contribution in [0, 0.1) is 10.1 Å². The van der Waals surface area contributed by atoms with Gasteiger partial charge in [-0.1, -0.05) is 18.2 Å². The minimum absolute atomic E-state index is 0.124. The molecule has 1 N–H and O–H groups in total. The van der Waals surface area contributed by atoms with E-state index in [9.17, 15) is 14.9 Å². The van der Waals surface area contributed by atoms with Gasteiger partial charge in [0.05, 0.1) is 11.8 Å². The van der Waals surface area contributed by atoms with Gasteiger partial charge in [-0.2, -0.15) is 0 Å². The number of hydrogen-bond donors (Lipinski definition) is 1.